The molecule has 32 heavy (non-hydrogen) atoms. The van der Waals surface area contributed by atoms with Crippen LogP contribution in [0.4, 0.5) is 11.5 Å². The Morgan fingerprint density at radius 1 is 1.09 bits per heavy atom. The van der Waals surface area contributed by atoms with E-state index < -0.39 is 0 Å². The molecule has 0 aliphatic carbocycles. The van der Waals surface area contributed by atoms with Gasteiger partial charge in [0.1, 0.15) is 5.82 Å². The molecule has 0 spiro atoms. The van der Waals surface area contributed by atoms with Gasteiger partial charge in [0.05, 0.1) is 35.8 Å². The molecule has 0 saturated carbocycles. The highest BCUT2D eigenvalue weighted by atomic mass is 32.1. The van der Waals surface area contributed by atoms with E-state index in [1.807, 2.05) is 42.5 Å². The van der Waals surface area contributed by atoms with Gasteiger partial charge in [0, 0.05) is 28.7 Å². The van der Waals surface area contributed by atoms with Crippen LogP contribution < -0.4 is 10.2 Å². The van der Waals surface area contributed by atoms with Gasteiger partial charge in [0.25, 0.3) is 0 Å². The summed E-state index contributed by atoms with van der Waals surface area (Å²) >= 11 is 1.72. The smallest absolute Gasteiger partial charge is 0.214 e. The Morgan fingerprint density at radius 2 is 2.00 bits per heavy atom. The zero-order valence-corrected chi connectivity index (χ0v) is 18.1. The van der Waals surface area contributed by atoms with Crippen molar-refractivity contribution in [1.82, 2.24) is 9.97 Å². The van der Waals surface area contributed by atoms with Crippen LogP contribution in [0.5, 0.6) is 0 Å². The highest BCUT2D eigenvalue weighted by Crippen LogP contribution is 2.26. The molecular formula is C25H21N5OS. The first kappa shape index (κ1) is 21.2. The molecule has 0 fully saturated rings. The van der Waals surface area contributed by atoms with E-state index in [1.54, 1.807) is 40.8 Å². The number of rotatable bonds is 9. The fraction of sp³-hybridized carbons (Fsp3) is 0.120. The van der Waals surface area contributed by atoms with Gasteiger partial charge < -0.3 is 10.2 Å². The molecule has 1 N–H and O–H groups in total. The number of pyridine rings is 2. The molecule has 4 rings (SSSR count). The predicted octanol–water partition coefficient (Wildman–Crippen LogP) is 4.89. The number of benzene rings is 1. The van der Waals surface area contributed by atoms with Crippen LogP contribution in [-0.2, 0) is 17.8 Å². The van der Waals surface area contributed by atoms with Gasteiger partial charge in [-0.05, 0) is 42.1 Å². The van der Waals surface area contributed by atoms with Crippen molar-refractivity contribution < 1.29 is 4.79 Å². The number of thiophene rings is 1. The fourth-order valence-electron chi connectivity index (χ4n) is 3.38. The summed E-state index contributed by atoms with van der Waals surface area (Å²) in [7, 11) is 0. The lowest BCUT2D eigenvalue weighted by Gasteiger charge is -2.20. The number of nitriles is 1. The normalized spacial score (nSPS) is 10.3. The second kappa shape index (κ2) is 10.3. The summed E-state index contributed by atoms with van der Waals surface area (Å²) in [6.45, 7) is 1.06. The molecule has 0 aliphatic heterocycles. The number of hydrogen-bond donors (Lipinski definition) is 1. The van der Waals surface area contributed by atoms with E-state index in [0.29, 0.717) is 35.9 Å². The van der Waals surface area contributed by atoms with Crippen molar-refractivity contribution in [2.45, 2.75) is 13.0 Å². The molecule has 7 heteroatoms. The van der Waals surface area contributed by atoms with Gasteiger partial charge >= 0.3 is 0 Å². The van der Waals surface area contributed by atoms with Crippen LogP contribution in [0.25, 0.3) is 11.3 Å². The third-order valence-corrected chi connectivity index (χ3v) is 5.93. The number of nitrogens with zero attached hydrogens (tertiary/aromatic N) is 4. The number of amides is 1. The van der Waals surface area contributed by atoms with E-state index in [1.165, 1.54) is 4.88 Å². The minimum atomic E-state index is 0.351. The van der Waals surface area contributed by atoms with Gasteiger partial charge in [-0.3, -0.25) is 9.78 Å². The first-order chi connectivity index (χ1) is 15.8. The zero-order chi connectivity index (χ0) is 22.2. The Morgan fingerprint density at radius 3 is 2.75 bits per heavy atom. The standard InChI is InChI=1S/C25H21N5OS/c26-15-19-5-1-2-8-23(19)24-10-9-20(17-30(18-31)21-6-3-12-27-16-21)25(29-24)28-13-11-22-7-4-14-32-22/h1-10,12,14,16,18H,11,13,17H2,(H,28,29). The van der Waals surface area contributed by atoms with Crippen LogP contribution in [0, 0.1) is 11.3 Å². The molecule has 4 aromatic rings. The molecule has 1 aromatic carbocycles. The molecule has 0 radical (unpaired) electrons. The van der Waals surface area contributed by atoms with Gasteiger partial charge in [-0.15, -0.1) is 11.3 Å². The maximum Gasteiger partial charge on any atom is 0.214 e. The molecule has 3 heterocycles. The summed E-state index contributed by atoms with van der Waals surface area (Å²) in [5.41, 5.74) is 3.66. The quantitative estimate of drug-likeness (QED) is 0.375. The molecule has 6 nitrogen and oxygen atoms in total. The van der Waals surface area contributed by atoms with Crippen LogP contribution >= 0.6 is 11.3 Å². The molecule has 0 aliphatic rings. The van der Waals surface area contributed by atoms with Gasteiger partial charge in [-0.25, -0.2) is 4.98 Å². The largest absolute Gasteiger partial charge is 0.369 e. The van der Waals surface area contributed by atoms with Gasteiger partial charge in [-0.2, -0.15) is 5.26 Å². The molecule has 3 aromatic heterocycles. The lowest BCUT2D eigenvalue weighted by atomic mass is 10.0. The average molecular weight is 440 g/mol. The summed E-state index contributed by atoms with van der Waals surface area (Å²) < 4.78 is 0. The van der Waals surface area contributed by atoms with E-state index in [4.69, 9.17) is 4.98 Å². The lowest BCUT2D eigenvalue weighted by molar-refractivity contribution is -0.107. The first-order valence-electron chi connectivity index (χ1n) is 10.2. The Balaban J connectivity index is 1.64. The second-order valence-electron chi connectivity index (χ2n) is 7.06. The Bertz CT molecular complexity index is 1220. The summed E-state index contributed by atoms with van der Waals surface area (Å²) in [4.78, 5) is 23.6. The molecule has 1 amide bonds. The minimum Gasteiger partial charge on any atom is -0.369 e. The maximum atomic E-state index is 11.8. The topological polar surface area (TPSA) is 81.9 Å². The SMILES string of the molecule is N#Cc1ccccc1-c1ccc(CN(C=O)c2cccnc2)c(NCCc2cccs2)n1. The van der Waals surface area contributed by atoms with Crippen LogP contribution in [0.15, 0.2) is 78.4 Å². The van der Waals surface area contributed by atoms with Crippen LogP contribution in [0.1, 0.15) is 16.0 Å². The summed E-state index contributed by atoms with van der Waals surface area (Å²) in [6, 6.07) is 21.3. The Kier molecular flexibility index (Phi) is 6.85. The van der Waals surface area contributed by atoms with Gasteiger partial charge in [0.15, 0.2) is 0 Å². The highest BCUT2D eigenvalue weighted by Gasteiger charge is 2.14. The van der Waals surface area contributed by atoms with Crippen molar-refractivity contribution in [3.63, 3.8) is 0 Å². The van der Waals surface area contributed by atoms with Crippen molar-refractivity contribution >= 4 is 29.3 Å². The average Bonchev–Trinajstić information content (AvgIpc) is 3.37. The molecule has 0 saturated heterocycles. The first-order valence-corrected chi connectivity index (χ1v) is 11.0. The number of carbonyl (C=O) groups excluding carboxylic acids is 1. The highest BCUT2D eigenvalue weighted by molar-refractivity contribution is 7.09. The van der Waals surface area contributed by atoms with Crippen LogP contribution in [-0.4, -0.2) is 22.9 Å². The Hall–Kier alpha value is -4.02. The molecular weight excluding hydrogens is 418 g/mol. The van der Waals surface area contributed by atoms with E-state index in [-0.39, 0.29) is 0 Å². The third-order valence-electron chi connectivity index (χ3n) is 4.99. The monoisotopic (exact) mass is 439 g/mol. The number of aromatic nitrogens is 2. The van der Waals surface area contributed by atoms with Crippen LogP contribution in [0.2, 0.25) is 0 Å². The number of anilines is 2. The van der Waals surface area contributed by atoms with E-state index in [0.717, 1.165) is 24.0 Å². The number of carbonyl (C=O) groups is 1. The minimum absolute atomic E-state index is 0.351. The third kappa shape index (κ3) is 4.99. The predicted molar refractivity (Wildman–Crippen MR) is 127 cm³/mol. The maximum absolute atomic E-state index is 11.8. The summed E-state index contributed by atoms with van der Waals surface area (Å²) in [5, 5.41) is 15.0. The van der Waals surface area contributed by atoms with Crippen molar-refractivity contribution in [3.05, 3.63) is 94.4 Å². The van der Waals surface area contributed by atoms with Crippen molar-refractivity contribution in [1.29, 1.82) is 5.26 Å². The lowest BCUT2D eigenvalue weighted by Crippen LogP contribution is -2.22. The second-order valence-corrected chi connectivity index (χ2v) is 8.09. The van der Waals surface area contributed by atoms with Crippen molar-refractivity contribution in [2.75, 3.05) is 16.8 Å². The van der Waals surface area contributed by atoms with E-state index in [2.05, 4.69) is 27.8 Å². The number of nitrogens with one attached hydrogen (secondary N) is 1. The fourth-order valence-corrected chi connectivity index (χ4v) is 4.09. The van der Waals surface area contributed by atoms with Gasteiger partial charge in [0.2, 0.25) is 6.41 Å². The molecule has 0 bridgehead atoms. The van der Waals surface area contributed by atoms with Crippen LogP contribution in [0.3, 0.4) is 0 Å². The van der Waals surface area contributed by atoms with E-state index in [9.17, 15) is 10.1 Å². The zero-order valence-electron chi connectivity index (χ0n) is 17.3. The molecule has 0 unspecified atom stereocenters. The summed E-state index contributed by atoms with van der Waals surface area (Å²) in [5.74, 6) is 0.697. The van der Waals surface area contributed by atoms with E-state index >= 15 is 0 Å². The van der Waals surface area contributed by atoms with Gasteiger partial charge in [-0.1, -0.05) is 30.3 Å². The number of hydrogen-bond acceptors (Lipinski definition) is 6. The Labute approximate surface area is 190 Å². The molecule has 158 valence electrons. The van der Waals surface area contributed by atoms with Crippen molar-refractivity contribution in [2.24, 2.45) is 0 Å². The van der Waals surface area contributed by atoms with Crippen molar-refractivity contribution in [3.8, 4) is 17.3 Å². The molecule has 0 atom stereocenters. The summed E-state index contributed by atoms with van der Waals surface area (Å²) in [6.07, 6.45) is 5.00.